The Hall–Kier alpha value is -2.06. The van der Waals surface area contributed by atoms with Crippen molar-refractivity contribution in [1.82, 2.24) is 14.7 Å². The molecule has 6 nitrogen and oxygen atoms in total. The maximum atomic E-state index is 12.3. The van der Waals surface area contributed by atoms with Gasteiger partial charge in [0.05, 0.1) is 5.92 Å². The summed E-state index contributed by atoms with van der Waals surface area (Å²) in [5, 5.41) is 11.9. The minimum Gasteiger partial charge on any atom is -0.481 e. The van der Waals surface area contributed by atoms with Crippen LogP contribution < -0.4 is 0 Å². The van der Waals surface area contributed by atoms with Crippen molar-refractivity contribution in [3.05, 3.63) is 18.0 Å². The molecule has 0 aromatic carbocycles. The zero-order valence-corrected chi connectivity index (χ0v) is 9.59. The molecule has 1 aromatic rings. The number of nitrogens with zero attached hydrogens (tertiary/aromatic N) is 3. The summed E-state index contributed by atoms with van der Waals surface area (Å²) in [6, 6.07) is 0.781. The van der Waals surface area contributed by atoms with E-state index in [0.717, 1.165) is 16.9 Å². The van der Waals surface area contributed by atoms with Crippen LogP contribution in [0, 0.1) is 5.92 Å². The Bertz CT molecular complexity index is 506. The summed E-state index contributed by atoms with van der Waals surface area (Å²) >= 11 is 0. The number of carbonyl (C=O) groups excluding carboxylic acids is 1. The molecular formula is C10H10F3N3O3. The van der Waals surface area contributed by atoms with Gasteiger partial charge in [-0.3, -0.25) is 14.3 Å². The van der Waals surface area contributed by atoms with Gasteiger partial charge in [-0.15, -0.1) is 0 Å². The summed E-state index contributed by atoms with van der Waals surface area (Å²) in [4.78, 5) is 23.4. The highest BCUT2D eigenvalue weighted by Crippen LogP contribution is 2.27. The van der Waals surface area contributed by atoms with Gasteiger partial charge in [0.25, 0.3) is 0 Å². The molecule has 1 aliphatic rings. The molecule has 1 saturated heterocycles. The molecule has 1 aromatic heterocycles. The van der Waals surface area contributed by atoms with Gasteiger partial charge < -0.3 is 10.0 Å². The van der Waals surface area contributed by atoms with Gasteiger partial charge in [-0.25, -0.2) is 0 Å². The van der Waals surface area contributed by atoms with Crippen LogP contribution in [0.1, 0.15) is 5.69 Å². The molecule has 0 aliphatic carbocycles. The zero-order valence-electron chi connectivity index (χ0n) is 9.59. The normalized spacial score (nSPS) is 16.3. The number of rotatable bonds is 3. The van der Waals surface area contributed by atoms with Gasteiger partial charge in [0.2, 0.25) is 5.91 Å². The van der Waals surface area contributed by atoms with Gasteiger partial charge in [0.15, 0.2) is 5.69 Å². The third-order valence-electron chi connectivity index (χ3n) is 2.81. The summed E-state index contributed by atoms with van der Waals surface area (Å²) < 4.78 is 37.7. The van der Waals surface area contributed by atoms with Gasteiger partial charge >= 0.3 is 12.1 Å². The molecule has 1 amide bonds. The number of carboxylic acid groups (broad SMARTS) is 1. The van der Waals surface area contributed by atoms with Crippen LogP contribution in [-0.4, -0.2) is 44.8 Å². The first kappa shape index (κ1) is 13.4. The lowest BCUT2D eigenvalue weighted by molar-refractivity contribution is -0.153. The largest absolute Gasteiger partial charge is 0.481 e. The van der Waals surface area contributed by atoms with Crippen molar-refractivity contribution in [3.63, 3.8) is 0 Å². The second-order valence-electron chi connectivity index (χ2n) is 4.23. The molecule has 0 saturated carbocycles. The number of aromatic nitrogens is 2. The molecular weight excluding hydrogens is 267 g/mol. The van der Waals surface area contributed by atoms with Gasteiger partial charge in [-0.05, 0) is 6.07 Å². The lowest BCUT2D eigenvalue weighted by Crippen LogP contribution is -2.53. The minimum absolute atomic E-state index is 0.0849. The van der Waals surface area contributed by atoms with Gasteiger partial charge in [-0.2, -0.15) is 18.3 Å². The third-order valence-corrected chi connectivity index (χ3v) is 2.81. The first-order valence-electron chi connectivity index (χ1n) is 5.38. The molecule has 1 N–H and O–H groups in total. The van der Waals surface area contributed by atoms with Crippen LogP contribution >= 0.6 is 0 Å². The van der Waals surface area contributed by atoms with Crippen molar-refractivity contribution in [2.75, 3.05) is 13.1 Å². The molecule has 0 radical (unpaired) electrons. The number of carbonyl (C=O) groups is 2. The van der Waals surface area contributed by atoms with E-state index in [1.54, 1.807) is 0 Å². The third kappa shape index (κ3) is 2.85. The molecule has 19 heavy (non-hydrogen) atoms. The SMILES string of the molecule is O=C(O)C1CN(C(=O)Cn2ccc(C(F)(F)F)n2)C1. The first-order chi connectivity index (χ1) is 8.77. The quantitative estimate of drug-likeness (QED) is 0.870. The van der Waals surface area contributed by atoms with E-state index >= 15 is 0 Å². The second kappa shape index (κ2) is 4.56. The number of amides is 1. The molecule has 0 spiro atoms. The number of halogens is 3. The highest BCUT2D eigenvalue weighted by Gasteiger charge is 2.36. The van der Waals surface area contributed by atoms with E-state index in [0.29, 0.717) is 0 Å². The molecule has 2 heterocycles. The van der Waals surface area contributed by atoms with E-state index in [1.165, 1.54) is 4.90 Å². The van der Waals surface area contributed by atoms with Crippen molar-refractivity contribution >= 4 is 11.9 Å². The van der Waals surface area contributed by atoms with E-state index < -0.39 is 29.7 Å². The lowest BCUT2D eigenvalue weighted by atomic mass is 10.0. The first-order valence-corrected chi connectivity index (χ1v) is 5.38. The molecule has 2 rings (SSSR count). The Balaban J connectivity index is 1.90. The molecule has 1 aliphatic heterocycles. The predicted octanol–water partition coefficient (Wildman–Crippen LogP) is 0.445. The van der Waals surface area contributed by atoms with Crippen molar-refractivity contribution in [3.8, 4) is 0 Å². The summed E-state index contributed by atoms with van der Waals surface area (Å²) in [6.07, 6.45) is -3.48. The monoisotopic (exact) mass is 277 g/mol. The van der Waals surface area contributed by atoms with Gasteiger partial charge in [-0.1, -0.05) is 0 Å². The highest BCUT2D eigenvalue weighted by atomic mass is 19.4. The molecule has 0 unspecified atom stereocenters. The van der Waals surface area contributed by atoms with Crippen LogP contribution in [0.3, 0.4) is 0 Å². The molecule has 1 fully saturated rings. The maximum Gasteiger partial charge on any atom is 0.435 e. The van der Waals surface area contributed by atoms with Crippen LogP contribution in [0.15, 0.2) is 12.3 Å². The van der Waals surface area contributed by atoms with E-state index in [4.69, 9.17) is 5.11 Å². The Labute approximate surface area is 105 Å². The summed E-state index contributed by atoms with van der Waals surface area (Å²) in [7, 11) is 0. The van der Waals surface area contributed by atoms with E-state index in [2.05, 4.69) is 5.10 Å². The van der Waals surface area contributed by atoms with Crippen molar-refractivity contribution in [2.24, 2.45) is 5.92 Å². The van der Waals surface area contributed by atoms with Crippen LogP contribution in [0.2, 0.25) is 0 Å². The van der Waals surface area contributed by atoms with Crippen molar-refractivity contribution in [2.45, 2.75) is 12.7 Å². The molecule has 0 atom stereocenters. The fourth-order valence-electron chi connectivity index (χ4n) is 1.68. The Morgan fingerprint density at radius 2 is 2.05 bits per heavy atom. The van der Waals surface area contributed by atoms with Crippen LogP contribution in [0.4, 0.5) is 13.2 Å². The van der Waals surface area contributed by atoms with Crippen LogP contribution in [0.5, 0.6) is 0 Å². The van der Waals surface area contributed by atoms with E-state index in [-0.39, 0.29) is 19.6 Å². The molecule has 104 valence electrons. The minimum atomic E-state index is -4.54. The van der Waals surface area contributed by atoms with E-state index in [1.807, 2.05) is 0 Å². The summed E-state index contributed by atoms with van der Waals surface area (Å²) in [5.41, 5.74) is -1.06. The van der Waals surface area contributed by atoms with Crippen LogP contribution in [-0.2, 0) is 22.3 Å². The van der Waals surface area contributed by atoms with Gasteiger partial charge in [0, 0.05) is 19.3 Å². The van der Waals surface area contributed by atoms with Crippen molar-refractivity contribution < 1.29 is 27.9 Å². The van der Waals surface area contributed by atoms with Crippen molar-refractivity contribution in [1.29, 1.82) is 0 Å². The Kier molecular flexibility index (Phi) is 3.21. The average Bonchev–Trinajstić information content (AvgIpc) is 2.61. The van der Waals surface area contributed by atoms with Gasteiger partial charge in [0.1, 0.15) is 6.54 Å². The summed E-state index contributed by atoms with van der Waals surface area (Å²) in [5.74, 6) is -2.02. The standard InChI is InChI=1S/C10H10F3N3O3/c11-10(12,13)7-1-2-16(14-7)5-8(17)15-3-6(4-15)9(18)19/h1-2,6H,3-5H2,(H,18,19). The smallest absolute Gasteiger partial charge is 0.435 e. The second-order valence-corrected chi connectivity index (χ2v) is 4.23. The molecule has 9 heteroatoms. The fourth-order valence-corrected chi connectivity index (χ4v) is 1.68. The predicted molar refractivity (Wildman–Crippen MR) is 54.9 cm³/mol. The molecule has 0 bridgehead atoms. The Morgan fingerprint density at radius 3 is 2.53 bits per heavy atom. The number of carboxylic acids is 1. The number of hydrogen-bond acceptors (Lipinski definition) is 3. The maximum absolute atomic E-state index is 12.3. The number of likely N-dealkylation sites (tertiary alicyclic amines) is 1. The zero-order chi connectivity index (χ0) is 14.2. The van der Waals surface area contributed by atoms with Crippen LogP contribution in [0.25, 0.3) is 0 Å². The lowest BCUT2D eigenvalue weighted by Gasteiger charge is -2.36. The average molecular weight is 277 g/mol. The summed E-state index contributed by atoms with van der Waals surface area (Å²) in [6.45, 7) is -0.161. The number of hydrogen-bond donors (Lipinski definition) is 1. The number of alkyl halides is 3. The van der Waals surface area contributed by atoms with E-state index in [9.17, 15) is 22.8 Å². The Morgan fingerprint density at radius 1 is 1.42 bits per heavy atom. The fraction of sp³-hybridized carbons (Fsp3) is 0.500. The number of aliphatic carboxylic acids is 1. The topological polar surface area (TPSA) is 75.4 Å². The highest BCUT2D eigenvalue weighted by molar-refractivity contribution is 5.80.